The van der Waals surface area contributed by atoms with Crippen LogP contribution in [-0.4, -0.2) is 46.9 Å². The summed E-state index contributed by atoms with van der Waals surface area (Å²) in [7, 11) is 0. The first-order valence-corrected chi connectivity index (χ1v) is 25.8. The van der Waals surface area contributed by atoms with Gasteiger partial charge < -0.3 is 20.3 Å². The summed E-state index contributed by atoms with van der Waals surface area (Å²) in [6, 6.07) is -0.691. The molecular weight excluding hydrogens is 707 g/mol. The maximum absolute atomic E-state index is 13.2. The highest BCUT2D eigenvalue weighted by Crippen LogP contribution is 2.19. The highest BCUT2D eigenvalue weighted by atomic mass is 16.5. The molecule has 1 amide bonds. The molecule has 6 heteroatoms. The number of carbonyl (C=O) groups excluding carboxylic acids is 2. The van der Waals surface area contributed by atoms with Crippen LogP contribution >= 0.6 is 0 Å². The molecule has 57 heavy (non-hydrogen) atoms. The van der Waals surface area contributed by atoms with Crippen LogP contribution in [0.1, 0.15) is 290 Å². The third-order valence-corrected chi connectivity index (χ3v) is 12.2. The highest BCUT2D eigenvalue weighted by molar-refractivity contribution is 5.77. The fourth-order valence-electron chi connectivity index (χ4n) is 8.26. The molecule has 0 aliphatic carbocycles. The van der Waals surface area contributed by atoms with Crippen LogP contribution in [0.5, 0.6) is 0 Å². The molecule has 6 nitrogen and oxygen atoms in total. The number of hydrogen-bond donors (Lipinski definition) is 3. The monoisotopic (exact) mass is 808 g/mol. The molecular formula is C51H101NO5. The van der Waals surface area contributed by atoms with Crippen molar-refractivity contribution in [2.75, 3.05) is 6.61 Å². The molecule has 0 spiro atoms. The van der Waals surface area contributed by atoms with Gasteiger partial charge in [0, 0.05) is 6.42 Å². The minimum Gasteiger partial charge on any atom is -0.462 e. The lowest BCUT2D eigenvalue weighted by Crippen LogP contribution is -2.46. The van der Waals surface area contributed by atoms with E-state index in [2.05, 4.69) is 26.1 Å². The number of carbonyl (C=O) groups is 2. The molecule has 0 fully saturated rings. The Labute approximate surface area is 356 Å². The maximum atomic E-state index is 13.2. The van der Waals surface area contributed by atoms with E-state index < -0.39 is 18.2 Å². The molecule has 0 radical (unpaired) electrons. The molecule has 0 aliphatic heterocycles. The summed E-state index contributed by atoms with van der Waals surface area (Å²) < 4.78 is 5.92. The predicted molar refractivity (Wildman–Crippen MR) is 246 cm³/mol. The van der Waals surface area contributed by atoms with E-state index in [0.717, 1.165) is 44.9 Å². The zero-order chi connectivity index (χ0) is 41.7. The Bertz CT molecular complexity index is 821. The Hall–Kier alpha value is -1.14. The van der Waals surface area contributed by atoms with E-state index >= 15 is 0 Å². The molecule has 3 atom stereocenters. The minimum absolute atomic E-state index is 0.0874. The zero-order valence-electron chi connectivity index (χ0n) is 38.8. The lowest BCUT2D eigenvalue weighted by Gasteiger charge is -2.24. The summed E-state index contributed by atoms with van der Waals surface area (Å²) in [5.74, 6) is -0.454. The van der Waals surface area contributed by atoms with Crippen LogP contribution in [0, 0.1) is 0 Å². The topological polar surface area (TPSA) is 95.9 Å². The van der Waals surface area contributed by atoms with Gasteiger partial charge in [0.2, 0.25) is 5.91 Å². The highest BCUT2D eigenvalue weighted by Gasteiger charge is 2.24. The Balaban J connectivity index is 4.44. The molecule has 0 rings (SSSR count). The number of amides is 1. The van der Waals surface area contributed by atoms with Gasteiger partial charge in [-0.05, 0) is 25.7 Å². The van der Waals surface area contributed by atoms with Crippen LogP contribution in [0.3, 0.4) is 0 Å². The minimum atomic E-state index is -0.778. The third kappa shape index (κ3) is 41.4. The fourth-order valence-corrected chi connectivity index (χ4v) is 8.26. The summed E-state index contributed by atoms with van der Waals surface area (Å²) >= 11 is 0. The second-order valence-electron chi connectivity index (χ2n) is 17.9. The number of hydrogen-bond acceptors (Lipinski definition) is 5. The van der Waals surface area contributed by atoms with Gasteiger partial charge in [-0.3, -0.25) is 9.59 Å². The van der Waals surface area contributed by atoms with Gasteiger partial charge in [-0.2, -0.15) is 0 Å². The molecule has 3 N–H and O–H groups in total. The first kappa shape index (κ1) is 55.9. The van der Waals surface area contributed by atoms with Gasteiger partial charge in [0.05, 0.1) is 25.2 Å². The Morgan fingerprint density at radius 2 is 0.737 bits per heavy atom. The van der Waals surface area contributed by atoms with Crippen molar-refractivity contribution < 1.29 is 24.5 Å². The maximum Gasteiger partial charge on any atom is 0.306 e. The number of nitrogens with one attached hydrogen (secondary N) is 1. The summed E-state index contributed by atoms with van der Waals surface area (Å²) in [4.78, 5) is 26.0. The Morgan fingerprint density at radius 3 is 1.07 bits per heavy atom. The van der Waals surface area contributed by atoms with Gasteiger partial charge in [-0.15, -0.1) is 0 Å². The number of ether oxygens (including phenoxy) is 1. The Morgan fingerprint density at radius 1 is 0.439 bits per heavy atom. The molecule has 0 saturated carbocycles. The zero-order valence-corrected chi connectivity index (χ0v) is 38.8. The molecule has 340 valence electrons. The molecule has 0 aromatic rings. The first-order chi connectivity index (χ1) is 28.0. The van der Waals surface area contributed by atoms with E-state index in [9.17, 15) is 19.8 Å². The number of aliphatic hydroxyl groups excluding tert-OH is 2. The van der Waals surface area contributed by atoms with Gasteiger partial charge in [0.1, 0.15) is 6.10 Å². The molecule has 0 heterocycles. The molecule has 0 aromatic heterocycles. The second-order valence-corrected chi connectivity index (χ2v) is 17.9. The SMILES string of the molecule is CCCCCCCCCCCCCCCCCCC(O)C(CO)NC(=O)CC(CCCCCCCCCCCCCC)OC(=O)CCCCCCCCCCCC. The molecule has 0 bridgehead atoms. The van der Waals surface area contributed by atoms with Crippen molar-refractivity contribution in [1.29, 1.82) is 0 Å². The van der Waals surface area contributed by atoms with Gasteiger partial charge in [-0.25, -0.2) is 0 Å². The average molecular weight is 808 g/mol. The summed E-state index contributed by atoms with van der Waals surface area (Å²) in [6.07, 6.45) is 48.8. The smallest absolute Gasteiger partial charge is 0.306 e. The fraction of sp³-hybridized carbons (Fsp3) is 0.961. The van der Waals surface area contributed by atoms with Crippen LogP contribution in [0.2, 0.25) is 0 Å². The van der Waals surface area contributed by atoms with E-state index in [1.54, 1.807) is 0 Å². The van der Waals surface area contributed by atoms with Crippen LogP contribution in [-0.2, 0) is 14.3 Å². The van der Waals surface area contributed by atoms with Crippen LogP contribution in [0.25, 0.3) is 0 Å². The molecule has 0 aromatic carbocycles. The van der Waals surface area contributed by atoms with Crippen LogP contribution in [0.15, 0.2) is 0 Å². The van der Waals surface area contributed by atoms with Crippen molar-refractivity contribution in [3.05, 3.63) is 0 Å². The van der Waals surface area contributed by atoms with E-state index in [1.807, 2.05) is 0 Å². The van der Waals surface area contributed by atoms with Crippen LogP contribution in [0.4, 0.5) is 0 Å². The summed E-state index contributed by atoms with van der Waals surface area (Å²) in [5, 5.41) is 23.8. The summed E-state index contributed by atoms with van der Waals surface area (Å²) in [5.41, 5.74) is 0. The largest absolute Gasteiger partial charge is 0.462 e. The predicted octanol–water partition coefficient (Wildman–Crippen LogP) is 15.2. The van der Waals surface area contributed by atoms with Gasteiger partial charge in [0.15, 0.2) is 0 Å². The van der Waals surface area contributed by atoms with E-state index in [4.69, 9.17) is 4.74 Å². The van der Waals surface area contributed by atoms with Crippen molar-refractivity contribution in [2.45, 2.75) is 309 Å². The van der Waals surface area contributed by atoms with Gasteiger partial charge in [0.25, 0.3) is 0 Å². The van der Waals surface area contributed by atoms with E-state index in [-0.39, 0.29) is 24.9 Å². The van der Waals surface area contributed by atoms with Crippen molar-refractivity contribution in [3.63, 3.8) is 0 Å². The number of esters is 1. The van der Waals surface area contributed by atoms with Crippen LogP contribution < -0.4 is 5.32 Å². The van der Waals surface area contributed by atoms with Gasteiger partial charge >= 0.3 is 5.97 Å². The van der Waals surface area contributed by atoms with Gasteiger partial charge in [-0.1, -0.05) is 252 Å². The molecule has 3 unspecified atom stereocenters. The van der Waals surface area contributed by atoms with E-state index in [0.29, 0.717) is 19.3 Å². The normalized spacial score (nSPS) is 13.1. The summed E-state index contributed by atoms with van der Waals surface area (Å²) in [6.45, 7) is 6.50. The van der Waals surface area contributed by atoms with E-state index in [1.165, 1.54) is 199 Å². The number of rotatable bonds is 47. The standard InChI is InChI=1S/C51H101NO5/c1-4-7-10-13-16-19-22-24-25-26-27-29-31-34-37-40-43-49(54)48(46-53)52-50(55)45-47(42-39-36-33-30-28-23-20-17-14-11-8-5-2)57-51(56)44-41-38-35-32-21-18-15-12-9-6-3/h47-49,53-54H,4-46H2,1-3H3,(H,52,55). The lowest BCUT2D eigenvalue weighted by atomic mass is 10.0. The number of aliphatic hydroxyl groups is 2. The van der Waals surface area contributed by atoms with Crippen molar-refractivity contribution in [3.8, 4) is 0 Å². The van der Waals surface area contributed by atoms with Crippen molar-refractivity contribution in [1.82, 2.24) is 5.32 Å². The van der Waals surface area contributed by atoms with Crippen molar-refractivity contribution >= 4 is 11.9 Å². The average Bonchev–Trinajstić information content (AvgIpc) is 3.20. The third-order valence-electron chi connectivity index (χ3n) is 12.2. The molecule has 0 aliphatic rings. The second kappa shape index (κ2) is 45.9. The van der Waals surface area contributed by atoms with Crippen molar-refractivity contribution in [2.24, 2.45) is 0 Å². The number of unbranched alkanes of at least 4 members (excludes halogenated alkanes) is 35. The quantitative estimate of drug-likeness (QED) is 0.0420. The molecule has 0 saturated heterocycles. The Kier molecular flexibility index (Phi) is 45.0. The lowest BCUT2D eigenvalue weighted by molar-refractivity contribution is -0.151. The first-order valence-electron chi connectivity index (χ1n) is 25.8.